The van der Waals surface area contributed by atoms with Gasteiger partial charge >= 0.3 is 0 Å². The van der Waals surface area contributed by atoms with Gasteiger partial charge in [0.1, 0.15) is 12.0 Å². The lowest BCUT2D eigenvalue weighted by molar-refractivity contribution is 1.05. The maximum Gasteiger partial charge on any atom is 0.187 e. The summed E-state index contributed by atoms with van der Waals surface area (Å²) >= 11 is 0. The van der Waals surface area contributed by atoms with Crippen LogP contribution in [0.25, 0.3) is 28.0 Å². The molecule has 0 radical (unpaired) electrons. The smallest absolute Gasteiger partial charge is 0.187 e. The van der Waals surface area contributed by atoms with E-state index in [1.54, 1.807) is 6.33 Å². The van der Waals surface area contributed by atoms with E-state index in [9.17, 15) is 0 Å². The molecule has 21 heavy (non-hydrogen) atoms. The third-order valence-electron chi connectivity index (χ3n) is 3.47. The van der Waals surface area contributed by atoms with Crippen LogP contribution in [0.5, 0.6) is 0 Å². The maximum absolute atomic E-state index is 4.51. The van der Waals surface area contributed by atoms with Crippen LogP contribution in [-0.4, -0.2) is 19.7 Å². The van der Waals surface area contributed by atoms with E-state index in [0.717, 1.165) is 28.0 Å². The standard InChI is InChI=1S/C17H12N4/c1-2-7-14(8-3-1)21-12-19-20-17(21)16-15-9-5-4-6-13(15)10-11-18-16/h1-12H. The Bertz CT molecular complexity index is 891. The van der Waals surface area contributed by atoms with Gasteiger partial charge in [0, 0.05) is 17.3 Å². The first kappa shape index (κ1) is 11.8. The molecule has 0 bridgehead atoms. The fourth-order valence-electron chi connectivity index (χ4n) is 2.47. The van der Waals surface area contributed by atoms with Crippen molar-refractivity contribution in [2.75, 3.05) is 0 Å². The first-order chi connectivity index (χ1) is 10.4. The summed E-state index contributed by atoms with van der Waals surface area (Å²) in [7, 11) is 0. The van der Waals surface area contributed by atoms with E-state index in [0.29, 0.717) is 0 Å². The predicted octanol–water partition coefficient (Wildman–Crippen LogP) is 3.48. The Hall–Kier alpha value is -3.01. The third kappa shape index (κ3) is 1.97. The van der Waals surface area contributed by atoms with Crippen LogP contribution >= 0.6 is 0 Å². The van der Waals surface area contributed by atoms with Crippen molar-refractivity contribution in [3.8, 4) is 17.2 Å². The van der Waals surface area contributed by atoms with Crippen molar-refractivity contribution in [2.45, 2.75) is 0 Å². The van der Waals surface area contributed by atoms with Gasteiger partial charge in [-0.15, -0.1) is 10.2 Å². The molecular formula is C17H12N4. The highest BCUT2D eigenvalue weighted by Gasteiger charge is 2.13. The Morgan fingerprint density at radius 1 is 0.810 bits per heavy atom. The van der Waals surface area contributed by atoms with Crippen LogP contribution in [0.2, 0.25) is 0 Å². The number of para-hydroxylation sites is 1. The Kier molecular flexibility index (Phi) is 2.71. The quantitative estimate of drug-likeness (QED) is 0.561. The van der Waals surface area contributed by atoms with Gasteiger partial charge in [0.15, 0.2) is 5.82 Å². The van der Waals surface area contributed by atoms with Gasteiger partial charge in [-0.3, -0.25) is 9.55 Å². The number of hydrogen-bond donors (Lipinski definition) is 0. The van der Waals surface area contributed by atoms with E-state index in [1.165, 1.54) is 0 Å². The molecule has 4 nitrogen and oxygen atoms in total. The zero-order chi connectivity index (χ0) is 14.1. The highest BCUT2D eigenvalue weighted by molar-refractivity contribution is 5.93. The van der Waals surface area contributed by atoms with Gasteiger partial charge in [-0.25, -0.2) is 0 Å². The summed E-state index contributed by atoms with van der Waals surface area (Å²) < 4.78 is 1.95. The normalized spacial score (nSPS) is 10.9. The molecule has 100 valence electrons. The summed E-state index contributed by atoms with van der Waals surface area (Å²) in [5, 5.41) is 10.5. The summed E-state index contributed by atoms with van der Waals surface area (Å²) in [6, 6.07) is 20.2. The van der Waals surface area contributed by atoms with Crippen LogP contribution < -0.4 is 0 Å². The van der Waals surface area contributed by atoms with Gasteiger partial charge < -0.3 is 0 Å². The SMILES string of the molecule is c1ccc(-n2cnnc2-c2nccc3ccccc23)cc1. The number of pyridine rings is 1. The van der Waals surface area contributed by atoms with Gasteiger partial charge in [0.2, 0.25) is 0 Å². The van der Waals surface area contributed by atoms with Crippen molar-refractivity contribution in [1.82, 2.24) is 19.7 Å². The van der Waals surface area contributed by atoms with Crippen molar-refractivity contribution >= 4 is 10.8 Å². The molecule has 0 aliphatic rings. The lowest BCUT2D eigenvalue weighted by atomic mass is 10.1. The number of fused-ring (bicyclic) bond motifs is 1. The zero-order valence-corrected chi connectivity index (χ0v) is 11.2. The molecule has 0 atom stereocenters. The van der Waals surface area contributed by atoms with E-state index in [4.69, 9.17) is 0 Å². The number of aromatic nitrogens is 4. The van der Waals surface area contributed by atoms with Crippen LogP contribution in [0, 0.1) is 0 Å². The Balaban J connectivity index is 1.97. The molecule has 0 unspecified atom stereocenters. The summed E-state index contributed by atoms with van der Waals surface area (Å²) in [6.45, 7) is 0. The van der Waals surface area contributed by atoms with E-state index >= 15 is 0 Å². The highest BCUT2D eigenvalue weighted by atomic mass is 15.3. The number of nitrogens with zero attached hydrogens (tertiary/aromatic N) is 4. The topological polar surface area (TPSA) is 43.6 Å². The van der Waals surface area contributed by atoms with E-state index in [1.807, 2.05) is 59.3 Å². The highest BCUT2D eigenvalue weighted by Crippen LogP contribution is 2.26. The Morgan fingerprint density at radius 2 is 1.62 bits per heavy atom. The Labute approximate surface area is 121 Å². The molecule has 4 heteroatoms. The largest absolute Gasteiger partial charge is 0.280 e. The summed E-state index contributed by atoms with van der Waals surface area (Å²) in [6.07, 6.45) is 3.52. The van der Waals surface area contributed by atoms with Crippen LogP contribution in [0.3, 0.4) is 0 Å². The molecule has 0 saturated heterocycles. The summed E-state index contributed by atoms with van der Waals surface area (Å²) in [4.78, 5) is 4.51. The van der Waals surface area contributed by atoms with Crippen molar-refractivity contribution in [1.29, 1.82) is 0 Å². The predicted molar refractivity (Wildman–Crippen MR) is 82.1 cm³/mol. The summed E-state index contributed by atoms with van der Waals surface area (Å²) in [5.41, 5.74) is 1.86. The van der Waals surface area contributed by atoms with E-state index in [2.05, 4.69) is 27.3 Å². The molecule has 4 aromatic rings. The van der Waals surface area contributed by atoms with Crippen molar-refractivity contribution in [3.05, 3.63) is 73.2 Å². The third-order valence-corrected chi connectivity index (χ3v) is 3.47. The van der Waals surface area contributed by atoms with E-state index < -0.39 is 0 Å². The van der Waals surface area contributed by atoms with Crippen molar-refractivity contribution in [2.24, 2.45) is 0 Å². The molecule has 0 aliphatic heterocycles. The van der Waals surface area contributed by atoms with Gasteiger partial charge in [0.25, 0.3) is 0 Å². The molecule has 0 spiro atoms. The molecular weight excluding hydrogens is 260 g/mol. The van der Waals surface area contributed by atoms with Gasteiger partial charge in [-0.1, -0.05) is 42.5 Å². The molecule has 0 N–H and O–H groups in total. The van der Waals surface area contributed by atoms with Gasteiger partial charge in [0.05, 0.1) is 0 Å². The summed E-state index contributed by atoms with van der Waals surface area (Å²) in [5.74, 6) is 0.748. The molecule has 4 rings (SSSR count). The molecule has 2 aromatic carbocycles. The van der Waals surface area contributed by atoms with Crippen LogP contribution in [0.4, 0.5) is 0 Å². The minimum atomic E-state index is 0.748. The van der Waals surface area contributed by atoms with Crippen molar-refractivity contribution in [3.63, 3.8) is 0 Å². The molecule has 0 aliphatic carbocycles. The van der Waals surface area contributed by atoms with E-state index in [-0.39, 0.29) is 0 Å². The number of benzene rings is 2. The maximum atomic E-state index is 4.51. The van der Waals surface area contributed by atoms with Crippen LogP contribution in [0.1, 0.15) is 0 Å². The molecule has 0 amide bonds. The average Bonchev–Trinajstić information content (AvgIpc) is 3.04. The minimum Gasteiger partial charge on any atom is -0.280 e. The van der Waals surface area contributed by atoms with Crippen LogP contribution in [-0.2, 0) is 0 Å². The fourth-order valence-corrected chi connectivity index (χ4v) is 2.47. The van der Waals surface area contributed by atoms with Crippen molar-refractivity contribution < 1.29 is 0 Å². The lowest BCUT2D eigenvalue weighted by Gasteiger charge is -2.08. The molecule has 0 saturated carbocycles. The Morgan fingerprint density at radius 3 is 2.52 bits per heavy atom. The van der Waals surface area contributed by atoms with Gasteiger partial charge in [-0.2, -0.15) is 0 Å². The van der Waals surface area contributed by atoms with Gasteiger partial charge in [-0.05, 0) is 23.6 Å². The zero-order valence-electron chi connectivity index (χ0n) is 11.2. The minimum absolute atomic E-state index is 0.748. The number of hydrogen-bond acceptors (Lipinski definition) is 3. The molecule has 2 aromatic heterocycles. The second-order valence-electron chi connectivity index (χ2n) is 4.74. The molecule has 0 fully saturated rings. The van der Waals surface area contributed by atoms with Crippen LogP contribution in [0.15, 0.2) is 73.2 Å². The first-order valence-corrected chi connectivity index (χ1v) is 6.73. The fraction of sp³-hybridized carbons (Fsp3) is 0. The average molecular weight is 272 g/mol. The monoisotopic (exact) mass is 272 g/mol. The molecule has 2 heterocycles. The second kappa shape index (κ2) is 4.83. The number of rotatable bonds is 2. The lowest BCUT2D eigenvalue weighted by Crippen LogP contribution is -1.98. The first-order valence-electron chi connectivity index (χ1n) is 6.73. The second-order valence-corrected chi connectivity index (χ2v) is 4.74.